The number of likely N-dealkylation sites (tertiary alicyclic amines) is 1. The van der Waals surface area contributed by atoms with Crippen LogP contribution in [0.5, 0.6) is 0 Å². The lowest BCUT2D eigenvalue weighted by atomic mass is 9.85. The van der Waals surface area contributed by atoms with Crippen LogP contribution in [0.1, 0.15) is 103 Å². The molecule has 1 fully saturated rings. The van der Waals surface area contributed by atoms with Crippen LogP contribution in [0, 0.1) is 38.0 Å². The number of aliphatic imine (C=N–C) groups is 1. The molecule has 1 saturated heterocycles. The molecular formula is C53H61ClN10O7S2. The van der Waals surface area contributed by atoms with Gasteiger partial charge in [-0.2, -0.15) is 5.10 Å². The highest BCUT2D eigenvalue weighted by Crippen LogP contribution is 2.39. The number of aryl methyl sites for hydroxylation is 2. The summed E-state index contributed by atoms with van der Waals surface area (Å²) in [6, 6.07) is 13.2. The molecule has 0 aliphatic carbocycles. The molecule has 6 heterocycles. The number of halogens is 1. The lowest BCUT2D eigenvalue weighted by molar-refractivity contribution is -0.144. The molecule has 8 rings (SSSR count). The molecule has 6 aromatic rings. The first-order valence-corrected chi connectivity index (χ1v) is 26.3. The molecule has 384 valence electrons. The molecule has 3 N–H and O–H groups in total. The monoisotopic (exact) mass is 1050 g/mol. The quantitative estimate of drug-likeness (QED) is 0.0594. The Bertz CT molecular complexity index is 3020. The molecule has 5 atom stereocenters. The topological polar surface area (TPSA) is 200 Å². The van der Waals surface area contributed by atoms with Gasteiger partial charge in [-0.15, -0.1) is 32.9 Å². The second kappa shape index (κ2) is 23.4. The molecular weight excluding hydrogens is 988 g/mol. The zero-order valence-electron chi connectivity index (χ0n) is 42.3. The molecule has 17 nitrogen and oxygen atoms in total. The van der Waals surface area contributed by atoms with Gasteiger partial charge in [-0.1, -0.05) is 80.6 Å². The molecule has 2 aliphatic heterocycles. The second-order valence-corrected chi connectivity index (χ2v) is 21.5. The van der Waals surface area contributed by atoms with Gasteiger partial charge in [-0.3, -0.25) is 28.6 Å². The summed E-state index contributed by atoms with van der Waals surface area (Å²) in [7, 11) is 0. The summed E-state index contributed by atoms with van der Waals surface area (Å²) in [5.74, 6) is 6.93. The van der Waals surface area contributed by atoms with Crippen molar-refractivity contribution in [1.82, 2.24) is 45.1 Å². The standard InChI is InChI=1S/C53H61ClN10O7S2/c1-31-43(73-52-45(31)46(38-14-16-40(54)17-15-38)57-34(4)49-61-60-35(5)64(49)52)18-9-36-26-56-62(27-36)19-20-69-21-22-70-23-24-71-29-44(66)59-48(53(6,7)8)51(68)63-28-41(65)25-42(63)50(67)58-32(2)37-10-12-39(13-11-37)47-33(3)55-30-72-47/h10-17,26-27,30,32,34,41-42,48,65H,19-25,28-29H2,1-8H3,(H,58,67)(H,59,66)/t32-,34-,41+,42-,48?/m0/s1. The lowest BCUT2D eigenvalue weighted by Crippen LogP contribution is -2.58. The highest BCUT2D eigenvalue weighted by atomic mass is 35.5. The molecule has 73 heavy (non-hydrogen) atoms. The maximum atomic E-state index is 14.1. The Hall–Kier alpha value is -6.11. The number of benzene rings is 2. The highest BCUT2D eigenvalue weighted by molar-refractivity contribution is 7.15. The number of amides is 3. The molecule has 2 aromatic carbocycles. The van der Waals surface area contributed by atoms with Crippen molar-refractivity contribution >= 4 is 57.7 Å². The van der Waals surface area contributed by atoms with Crippen LogP contribution in [-0.4, -0.2) is 127 Å². The van der Waals surface area contributed by atoms with Gasteiger partial charge in [0.2, 0.25) is 17.7 Å². The number of thiazole rings is 1. The van der Waals surface area contributed by atoms with Crippen LogP contribution in [0.25, 0.3) is 15.4 Å². The third-order valence-corrected chi connectivity index (χ3v) is 15.1. The van der Waals surface area contributed by atoms with Crippen molar-refractivity contribution in [3.63, 3.8) is 0 Å². The van der Waals surface area contributed by atoms with E-state index in [1.165, 1.54) is 4.90 Å². The SMILES string of the molecule is Cc1ncsc1-c1ccc([C@H](C)NC(=O)[C@@H]2C[C@@H](O)CN2C(=O)C(NC(=O)COCCOCCOCCn2cc(C#Cc3sc4c(c3C)C(c3ccc(Cl)cc3)=N[C@@H](C)c3nnc(C)n3-4)cn2)C(C)(C)C)cc1. The molecule has 0 saturated carbocycles. The van der Waals surface area contributed by atoms with Crippen molar-refractivity contribution in [3.05, 3.63) is 121 Å². The number of thiophene rings is 1. The first kappa shape index (κ1) is 53.2. The van der Waals surface area contributed by atoms with E-state index in [2.05, 4.69) is 54.2 Å². The van der Waals surface area contributed by atoms with E-state index in [1.54, 1.807) is 33.6 Å². The molecule has 0 bridgehead atoms. The molecule has 2 aliphatic rings. The normalized spacial score (nSPS) is 17.2. The van der Waals surface area contributed by atoms with Gasteiger partial charge in [0.25, 0.3) is 0 Å². The van der Waals surface area contributed by atoms with Gasteiger partial charge in [0.05, 0.1) is 90.2 Å². The van der Waals surface area contributed by atoms with E-state index in [0.717, 1.165) is 71.2 Å². The van der Waals surface area contributed by atoms with Crippen molar-refractivity contribution in [2.45, 2.75) is 98.6 Å². The zero-order valence-corrected chi connectivity index (χ0v) is 44.7. The number of fused-ring (bicyclic) bond motifs is 3. The third kappa shape index (κ3) is 12.6. The van der Waals surface area contributed by atoms with Crippen LogP contribution < -0.4 is 10.6 Å². The Morgan fingerprint density at radius 1 is 0.932 bits per heavy atom. The summed E-state index contributed by atoms with van der Waals surface area (Å²) in [6.45, 7) is 17.1. The molecule has 4 aromatic heterocycles. The maximum absolute atomic E-state index is 14.1. The van der Waals surface area contributed by atoms with Crippen molar-refractivity contribution in [2.75, 3.05) is 46.2 Å². The van der Waals surface area contributed by atoms with E-state index in [4.69, 9.17) is 30.8 Å². The number of nitrogens with one attached hydrogen (secondary N) is 2. The highest BCUT2D eigenvalue weighted by Gasteiger charge is 2.45. The predicted molar refractivity (Wildman–Crippen MR) is 281 cm³/mol. The van der Waals surface area contributed by atoms with E-state index >= 15 is 0 Å². The number of ether oxygens (including phenoxy) is 3. The third-order valence-electron chi connectivity index (χ3n) is 12.7. The van der Waals surface area contributed by atoms with Crippen molar-refractivity contribution in [2.24, 2.45) is 10.4 Å². The minimum atomic E-state index is -0.977. The summed E-state index contributed by atoms with van der Waals surface area (Å²) in [4.78, 5) is 53.6. The van der Waals surface area contributed by atoms with Crippen molar-refractivity contribution in [3.8, 4) is 27.3 Å². The van der Waals surface area contributed by atoms with Crippen LogP contribution in [0.2, 0.25) is 5.02 Å². The van der Waals surface area contributed by atoms with E-state index in [1.807, 2.05) is 109 Å². The Morgan fingerprint density at radius 2 is 1.63 bits per heavy atom. The minimum absolute atomic E-state index is 0.0241. The fraction of sp³-hybridized carbons (Fsp3) is 0.434. The van der Waals surface area contributed by atoms with E-state index in [0.29, 0.717) is 31.4 Å². The first-order valence-electron chi connectivity index (χ1n) is 24.2. The summed E-state index contributed by atoms with van der Waals surface area (Å²) in [5, 5.41) is 31.4. The fourth-order valence-corrected chi connectivity index (χ4v) is 10.9. The largest absolute Gasteiger partial charge is 0.391 e. The summed E-state index contributed by atoms with van der Waals surface area (Å²) < 4.78 is 20.9. The second-order valence-electron chi connectivity index (χ2n) is 19.2. The van der Waals surface area contributed by atoms with Crippen molar-refractivity contribution < 1.29 is 33.7 Å². The van der Waals surface area contributed by atoms with E-state index in [9.17, 15) is 19.5 Å². The Labute approximate surface area is 438 Å². The molecule has 0 spiro atoms. The van der Waals surface area contributed by atoms with Gasteiger partial charge < -0.3 is 34.9 Å². The van der Waals surface area contributed by atoms with Crippen LogP contribution >= 0.6 is 34.3 Å². The number of aromatic nitrogens is 6. The summed E-state index contributed by atoms with van der Waals surface area (Å²) in [5.41, 5.74) is 8.64. The summed E-state index contributed by atoms with van der Waals surface area (Å²) >= 11 is 9.41. The minimum Gasteiger partial charge on any atom is -0.391 e. The Kier molecular flexibility index (Phi) is 17.0. The first-order chi connectivity index (χ1) is 35.0. The molecule has 20 heteroatoms. The predicted octanol–water partition coefficient (Wildman–Crippen LogP) is 6.96. The number of hydrogen-bond acceptors (Lipinski definition) is 14. The lowest BCUT2D eigenvalue weighted by Gasteiger charge is -2.35. The molecule has 1 unspecified atom stereocenters. The summed E-state index contributed by atoms with van der Waals surface area (Å²) in [6.07, 6.45) is 2.83. The zero-order chi connectivity index (χ0) is 52.0. The number of aliphatic hydroxyl groups excluding tert-OH is 1. The average molecular weight is 1050 g/mol. The van der Waals surface area contributed by atoms with Gasteiger partial charge in [0.1, 0.15) is 35.6 Å². The Morgan fingerprint density at radius 3 is 2.33 bits per heavy atom. The van der Waals surface area contributed by atoms with E-state index in [-0.39, 0.29) is 50.8 Å². The number of carbonyl (C=O) groups excluding carboxylic acids is 3. The van der Waals surface area contributed by atoms with Gasteiger partial charge in [0, 0.05) is 35.3 Å². The van der Waals surface area contributed by atoms with Gasteiger partial charge >= 0.3 is 0 Å². The van der Waals surface area contributed by atoms with Crippen molar-refractivity contribution in [1.29, 1.82) is 0 Å². The Balaban J connectivity index is 0.746. The van der Waals surface area contributed by atoms with Crippen LogP contribution in [0.15, 0.2) is 71.4 Å². The maximum Gasteiger partial charge on any atom is 0.246 e. The smallest absolute Gasteiger partial charge is 0.246 e. The number of rotatable bonds is 18. The van der Waals surface area contributed by atoms with Gasteiger partial charge in [0.15, 0.2) is 5.82 Å². The number of aliphatic hydroxyl groups is 1. The van der Waals surface area contributed by atoms with Crippen LogP contribution in [-0.2, 0) is 35.1 Å². The molecule has 0 radical (unpaired) electrons. The van der Waals surface area contributed by atoms with Crippen LogP contribution in [0.3, 0.4) is 0 Å². The van der Waals surface area contributed by atoms with Gasteiger partial charge in [-0.05, 0) is 68.9 Å². The van der Waals surface area contributed by atoms with E-state index < -0.39 is 35.4 Å². The number of carbonyl (C=O) groups is 3. The number of β-amino-alcohol motifs (C(OH)–C–C–N with tert-alkyl or cyclic N) is 1. The number of hydrogen-bond donors (Lipinski definition) is 3. The van der Waals surface area contributed by atoms with Gasteiger partial charge in [-0.25, -0.2) is 4.98 Å². The number of nitrogens with zero attached hydrogens (tertiary/aromatic N) is 8. The average Bonchev–Trinajstić information content (AvgIpc) is 4.21. The van der Waals surface area contributed by atoms with Crippen LogP contribution in [0.4, 0.5) is 0 Å². The molecule has 3 amide bonds. The fourth-order valence-electron chi connectivity index (χ4n) is 8.76.